The molecule has 0 saturated heterocycles. The molecule has 352 valence electrons. The van der Waals surface area contributed by atoms with Crippen molar-refractivity contribution in [3.05, 3.63) is 12.2 Å². The Morgan fingerprint density at radius 3 is 0.881 bits per heavy atom. The second-order valence-electron chi connectivity index (χ2n) is 19.0. The summed E-state index contributed by atoms with van der Waals surface area (Å²) in [5.41, 5.74) is 0. The largest absolute Gasteiger partial charge is 0.394 e. The van der Waals surface area contributed by atoms with Crippen molar-refractivity contribution in [2.24, 2.45) is 0 Å². The molecule has 0 saturated carbocycles. The molecule has 59 heavy (non-hydrogen) atoms. The highest BCUT2D eigenvalue weighted by molar-refractivity contribution is 5.76. The van der Waals surface area contributed by atoms with Crippen LogP contribution in [0, 0.1) is 0 Å². The Kier molecular flexibility index (Phi) is 50.7. The standard InChI is InChI=1S/C55H109NO3/c1-3-5-7-9-11-13-15-17-19-20-21-22-23-24-25-26-27-28-29-30-31-32-33-34-35-36-37-39-41-43-45-47-49-51-55(59)56-53(52-57)54(58)50-48-46-44-42-40-38-18-16-14-12-10-8-6-4-2/h48,50,53-54,57-58H,3-47,49,51-52H2,1-2H3,(H,56,59)/b50-48+. The maximum Gasteiger partial charge on any atom is 0.220 e. The molecule has 1 amide bonds. The van der Waals surface area contributed by atoms with Gasteiger partial charge in [0, 0.05) is 6.42 Å². The minimum Gasteiger partial charge on any atom is -0.394 e. The van der Waals surface area contributed by atoms with Crippen LogP contribution in [0.1, 0.15) is 316 Å². The maximum atomic E-state index is 12.4. The van der Waals surface area contributed by atoms with Crippen LogP contribution in [0.3, 0.4) is 0 Å². The van der Waals surface area contributed by atoms with E-state index in [1.807, 2.05) is 6.08 Å². The molecule has 3 N–H and O–H groups in total. The van der Waals surface area contributed by atoms with Gasteiger partial charge in [-0.3, -0.25) is 4.79 Å². The Labute approximate surface area is 371 Å². The molecule has 0 aromatic carbocycles. The number of hydrogen-bond acceptors (Lipinski definition) is 3. The van der Waals surface area contributed by atoms with Crippen LogP contribution in [0.4, 0.5) is 0 Å². The number of rotatable bonds is 51. The van der Waals surface area contributed by atoms with E-state index in [0.717, 1.165) is 25.7 Å². The summed E-state index contributed by atoms with van der Waals surface area (Å²) in [6.07, 6.45) is 66.7. The van der Waals surface area contributed by atoms with Gasteiger partial charge in [0.05, 0.1) is 18.8 Å². The molecule has 2 unspecified atom stereocenters. The van der Waals surface area contributed by atoms with Crippen LogP contribution in [-0.2, 0) is 4.79 Å². The lowest BCUT2D eigenvalue weighted by Crippen LogP contribution is -2.45. The molecule has 0 rings (SSSR count). The highest BCUT2D eigenvalue weighted by atomic mass is 16.3. The normalized spacial score (nSPS) is 12.8. The summed E-state index contributed by atoms with van der Waals surface area (Å²) in [4.78, 5) is 12.4. The molecule has 0 aromatic rings. The third-order valence-corrected chi connectivity index (χ3v) is 13.0. The van der Waals surface area contributed by atoms with Crippen LogP contribution in [0.5, 0.6) is 0 Å². The minimum atomic E-state index is -0.834. The average Bonchev–Trinajstić information content (AvgIpc) is 3.24. The Hall–Kier alpha value is -0.870. The zero-order valence-electron chi connectivity index (χ0n) is 40.6. The fraction of sp³-hybridized carbons (Fsp3) is 0.945. The molecule has 0 heterocycles. The van der Waals surface area contributed by atoms with Crippen molar-refractivity contribution in [2.75, 3.05) is 6.61 Å². The Bertz CT molecular complexity index is 814. The van der Waals surface area contributed by atoms with Crippen molar-refractivity contribution in [2.45, 2.75) is 328 Å². The molecule has 0 radical (unpaired) electrons. The second kappa shape index (κ2) is 51.5. The first kappa shape index (κ1) is 58.1. The Morgan fingerprint density at radius 2 is 0.627 bits per heavy atom. The van der Waals surface area contributed by atoms with Gasteiger partial charge in [-0.25, -0.2) is 0 Å². The molecular formula is C55H109NO3. The molecule has 0 aliphatic rings. The first-order chi connectivity index (χ1) is 29.2. The third kappa shape index (κ3) is 48.0. The van der Waals surface area contributed by atoms with E-state index in [0.29, 0.717) is 6.42 Å². The molecule has 4 heteroatoms. The summed E-state index contributed by atoms with van der Waals surface area (Å²) in [6.45, 7) is 4.34. The van der Waals surface area contributed by atoms with Crippen LogP contribution in [0.2, 0.25) is 0 Å². The second-order valence-corrected chi connectivity index (χ2v) is 19.0. The number of aliphatic hydroxyl groups is 2. The third-order valence-electron chi connectivity index (χ3n) is 13.0. The summed E-state index contributed by atoms with van der Waals surface area (Å²) < 4.78 is 0. The zero-order chi connectivity index (χ0) is 42.8. The molecule has 0 fully saturated rings. The Morgan fingerprint density at radius 1 is 0.390 bits per heavy atom. The summed E-state index contributed by atoms with van der Waals surface area (Å²) in [6, 6.07) is -0.617. The number of allylic oxidation sites excluding steroid dienone is 1. The maximum absolute atomic E-state index is 12.4. The molecular weight excluding hydrogens is 723 g/mol. The van der Waals surface area contributed by atoms with Gasteiger partial charge in [0.2, 0.25) is 5.91 Å². The predicted molar refractivity (Wildman–Crippen MR) is 263 cm³/mol. The van der Waals surface area contributed by atoms with Crippen molar-refractivity contribution in [3.8, 4) is 0 Å². The van der Waals surface area contributed by atoms with Gasteiger partial charge < -0.3 is 15.5 Å². The van der Waals surface area contributed by atoms with E-state index < -0.39 is 12.1 Å². The SMILES string of the molecule is CCCCCCCCCCCCCC/C=C/C(O)C(CO)NC(=O)CCCCCCCCCCCCCCCCCCCCCCCCCCCCCCCCCCC. The lowest BCUT2D eigenvalue weighted by atomic mass is 10.0. The number of carbonyl (C=O) groups excluding carboxylic acids is 1. The number of carbonyl (C=O) groups is 1. The van der Waals surface area contributed by atoms with E-state index in [9.17, 15) is 15.0 Å². The molecule has 0 aromatic heterocycles. The summed E-state index contributed by atoms with van der Waals surface area (Å²) in [7, 11) is 0. The van der Waals surface area contributed by atoms with E-state index in [2.05, 4.69) is 19.2 Å². The van der Waals surface area contributed by atoms with Crippen molar-refractivity contribution < 1.29 is 15.0 Å². The van der Waals surface area contributed by atoms with E-state index in [4.69, 9.17) is 0 Å². The number of hydrogen-bond donors (Lipinski definition) is 3. The van der Waals surface area contributed by atoms with Gasteiger partial charge in [-0.15, -0.1) is 0 Å². The van der Waals surface area contributed by atoms with Gasteiger partial charge in [0.25, 0.3) is 0 Å². The van der Waals surface area contributed by atoms with E-state index in [1.54, 1.807) is 6.08 Å². The first-order valence-corrected chi connectivity index (χ1v) is 27.4. The van der Waals surface area contributed by atoms with Crippen LogP contribution in [0.15, 0.2) is 12.2 Å². The molecule has 0 aliphatic heterocycles. The lowest BCUT2D eigenvalue weighted by molar-refractivity contribution is -0.123. The first-order valence-electron chi connectivity index (χ1n) is 27.4. The molecule has 0 spiro atoms. The number of unbranched alkanes of at least 4 members (excludes halogenated alkanes) is 44. The van der Waals surface area contributed by atoms with Crippen LogP contribution < -0.4 is 5.32 Å². The molecule has 4 nitrogen and oxygen atoms in total. The van der Waals surface area contributed by atoms with E-state index in [-0.39, 0.29) is 12.5 Å². The number of aliphatic hydroxyl groups excluding tert-OH is 2. The Balaban J connectivity index is 3.38. The average molecular weight is 832 g/mol. The van der Waals surface area contributed by atoms with Crippen molar-refractivity contribution in [1.82, 2.24) is 5.32 Å². The zero-order valence-corrected chi connectivity index (χ0v) is 40.6. The minimum absolute atomic E-state index is 0.0572. The quantitative estimate of drug-likeness (QED) is 0.0422. The van der Waals surface area contributed by atoms with Gasteiger partial charge >= 0.3 is 0 Å². The molecule has 0 bridgehead atoms. The highest BCUT2D eigenvalue weighted by Crippen LogP contribution is 2.18. The van der Waals surface area contributed by atoms with Crippen molar-refractivity contribution in [1.29, 1.82) is 0 Å². The monoisotopic (exact) mass is 832 g/mol. The smallest absolute Gasteiger partial charge is 0.220 e. The fourth-order valence-electron chi connectivity index (χ4n) is 8.83. The van der Waals surface area contributed by atoms with Crippen LogP contribution in [-0.4, -0.2) is 34.9 Å². The van der Waals surface area contributed by atoms with E-state index in [1.165, 1.54) is 270 Å². The summed E-state index contributed by atoms with van der Waals surface area (Å²) >= 11 is 0. The van der Waals surface area contributed by atoms with Gasteiger partial charge in [0.1, 0.15) is 0 Å². The topological polar surface area (TPSA) is 69.6 Å². The lowest BCUT2D eigenvalue weighted by Gasteiger charge is -2.20. The number of amides is 1. The van der Waals surface area contributed by atoms with Crippen molar-refractivity contribution >= 4 is 5.91 Å². The van der Waals surface area contributed by atoms with Crippen LogP contribution >= 0.6 is 0 Å². The van der Waals surface area contributed by atoms with Gasteiger partial charge in [-0.1, -0.05) is 302 Å². The van der Waals surface area contributed by atoms with Gasteiger partial charge in [-0.05, 0) is 19.3 Å². The van der Waals surface area contributed by atoms with E-state index >= 15 is 0 Å². The summed E-state index contributed by atoms with van der Waals surface area (Å²) in [5, 5.41) is 23.1. The molecule has 0 aliphatic carbocycles. The van der Waals surface area contributed by atoms with Gasteiger partial charge in [0.15, 0.2) is 0 Å². The summed E-state index contributed by atoms with van der Waals surface area (Å²) in [5.74, 6) is -0.0572. The predicted octanol–water partition coefficient (Wildman–Crippen LogP) is 17.8. The fourth-order valence-corrected chi connectivity index (χ4v) is 8.83. The van der Waals surface area contributed by atoms with Gasteiger partial charge in [-0.2, -0.15) is 0 Å². The number of nitrogens with one attached hydrogen (secondary N) is 1. The highest BCUT2D eigenvalue weighted by Gasteiger charge is 2.18. The molecule has 2 atom stereocenters. The van der Waals surface area contributed by atoms with Crippen molar-refractivity contribution in [3.63, 3.8) is 0 Å². The van der Waals surface area contributed by atoms with Crippen LogP contribution in [0.25, 0.3) is 0 Å².